The van der Waals surface area contributed by atoms with Gasteiger partial charge < -0.3 is 39.6 Å². The summed E-state index contributed by atoms with van der Waals surface area (Å²) in [4.78, 5) is 33.3. The number of likely N-dealkylation sites (N-methyl/N-ethyl adjacent to an activating group) is 2. The predicted molar refractivity (Wildman–Crippen MR) is 185 cm³/mol. The Hall–Kier alpha value is -6.13. The molecule has 13 nitrogen and oxygen atoms in total. The quantitative estimate of drug-likeness (QED) is 0.0993. The van der Waals surface area contributed by atoms with Gasteiger partial charge in [-0.05, 0) is 63.0 Å². The molecule has 0 unspecified atom stereocenters. The molecule has 13 heteroatoms. The van der Waals surface area contributed by atoms with Gasteiger partial charge >= 0.3 is 0 Å². The molecule has 5 aromatic rings. The number of ether oxygens (including phenoxy) is 2. The van der Waals surface area contributed by atoms with Gasteiger partial charge in [-0.15, -0.1) is 0 Å². The van der Waals surface area contributed by atoms with Gasteiger partial charge in [0.1, 0.15) is 28.7 Å². The maximum atomic E-state index is 12.4. The molecular formula is C34H36N10O3. The lowest BCUT2D eigenvalue weighted by Crippen LogP contribution is -2.29. The molecule has 2 aromatic carbocycles. The van der Waals surface area contributed by atoms with Gasteiger partial charge in [0.25, 0.3) is 0 Å². The molecule has 0 bridgehead atoms. The molecule has 0 atom stereocenters. The Morgan fingerprint density at radius 3 is 2.60 bits per heavy atom. The van der Waals surface area contributed by atoms with E-state index in [1.807, 2.05) is 86.2 Å². The highest BCUT2D eigenvalue weighted by Crippen LogP contribution is 2.39. The number of nitrogens with zero attached hydrogens (tertiary/aromatic N) is 7. The van der Waals surface area contributed by atoms with E-state index in [0.717, 1.165) is 29.1 Å². The fourth-order valence-corrected chi connectivity index (χ4v) is 4.70. The van der Waals surface area contributed by atoms with Gasteiger partial charge in [0.15, 0.2) is 0 Å². The molecule has 0 spiro atoms. The lowest BCUT2D eigenvalue weighted by molar-refractivity contribution is -0.111. The maximum absolute atomic E-state index is 12.4. The summed E-state index contributed by atoms with van der Waals surface area (Å²) in [7, 11) is 7.49. The Balaban J connectivity index is 1.39. The average Bonchev–Trinajstić information content (AvgIpc) is 3.53. The third kappa shape index (κ3) is 7.75. The lowest BCUT2D eigenvalue weighted by Gasteiger charge is -2.26. The van der Waals surface area contributed by atoms with E-state index >= 15 is 0 Å². The Bertz CT molecular complexity index is 1960. The van der Waals surface area contributed by atoms with E-state index < -0.39 is 0 Å². The Morgan fingerprint density at radius 2 is 1.87 bits per heavy atom. The number of amides is 1. The number of anilines is 6. The highest BCUT2D eigenvalue weighted by atomic mass is 16.5. The van der Waals surface area contributed by atoms with Crippen molar-refractivity contribution in [1.82, 2.24) is 24.3 Å². The second-order valence-electron chi connectivity index (χ2n) is 10.9. The number of aryl methyl sites for hydroxylation is 1. The van der Waals surface area contributed by atoms with E-state index in [1.165, 1.54) is 12.3 Å². The average molecular weight is 633 g/mol. The van der Waals surface area contributed by atoms with Crippen LogP contribution >= 0.6 is 0 Å². The van der Waals surface area contributed by atoms with Crippen LogP contribution in [0.4, 0.5) is 40.2 Å². The summed E-state index contributed by atoms with van der Waals surface area (Å²) in [5, 5.41) is 9.31. The van der Waals surface area contributed by atoms with Crippen molar-refractivity contribution in [2.45, 2.75) is 6.92 Å². The fourth-order valence-electron chi connectivity index (χ4n) is 4.70. The van der Waals surface area contributed by atoms with E-state index in [4.69, 9.17) is 16.0 Å². The summed E-state index contributed by atoms with van der Waals surface area (Å²) in [6.45, 7) is 14.7. The topological polar surface area (TPSA) is 126 Å². The first-order chi connectivity index (χ1) is 22.7. The van der Waals surface area contributed by atoms with Crippen LogP contribution in [0.3, 0.4) is 0 Å². The van der Waals surface area contributed by atoms with Crippen LogP contribution in [0, 0.1) is 13.5 Å². The van der Waals surface area contributed by atoms with E-state index in [2.05, 4.69) is 47.2 Å². The molecule has 5 rings (SSSR count). The number of aromatic nitrogens is 4. The molecule has 47 heavy (non-hydrogen) atoms. The van der Waals surface area contributed by atoms with Gasteiger partial charge in [-0.25, -0.2) is 19.8 Å². The summed E-state index contributed by atoms with van der Waals surface area (Å²) in [5.41, 5.74) is 4.42. The molecule has 0 radical (unpaired) electrons. The van der Waals surface area contributed by atoms with Crippen LogP contribution in [0.25, 0.3) is 10.5 Å². The van der Waals surface area contributed by atoms with Crippen molar-refractivity contribution >= 4 is 51.8 Å². The molecule has 3 heterocycles. The molecule has 240 valence electrons. The second-order valence-corrected chi connectivity index (χ2v) is 10.9. The smallest absolute Gasteiger partial charge is 0.247 e. The number of carbonyl (C=O) groups excluding carboxylic acids is 1. The van der Waals surface area contributed by atoms with Gasteiger partial charge in [-0.2, -0.15) is 0 Å². The first kappa shape index (κ1) is 32.3. The van der Waals surface area contributed by atoms with Gasteiger partial charge in [0.2, 0.25) is 17.5 Å². The highest BCUT2D eigenvalue weighted by molar-refractivity contribution is 6.02. The molecule has 0 aliphatic heterocycles. The summed E-state index contributed by atoms with van der Waals surface area (Å²) in [6.07, 6.45) is 8.15. The van der Waals surface area contributed by atoms with Gasteiger partial charge in [-0.3, -0.25) is 4.79 Å². The van der Waals surface area contributed by atoms with E-state index in [-0.39, 0.29) is 23.4 Å². The summed E-state index contributed by atoms with van der Waals surface area (Å²) in [6, 6.07) is 13.0. The van der Waals surface area contributed by atoms with Crippen LogP contribution in [-0.2, 0) is 4.79 Å². The third-order valence-corrected chi connectivity index (χ3v) is 7.23. The Labute approximate surface area is 273 Å². The zero-order valence-electron chi connectivity index (χ0n) is 26.9. The molecule has 1 amide bonds. The van der Waals surface area contributed by atoms with Crippen molar-refractivity contribution in [3.8, 4) is 17.2 Å². The molecular weight excluding hydrogens is 596 g/mol. The van der Waals surface area contributed by atoms with Crippen LogP contribution in [0.1, 0.15) is 5.56 Å². The molecule has 3 N–H and O–H groups in total. The van der Waals surface area contributed by atoms with Gasteiger partial charge in [0.05, 0.1) is 30.7 Å². The predicted octanol–water partition coefficient (Wildman–Crippen LogP) is 6.39. The second kappa shape index (κ2) is 14.3. The zero-order chi connectivity index (χ0) is 33.5. The van der Waals surface area contributed by atoms with Crippen LogP contribution in [-0.4, -0.2) is 71.5 Å². The van der Waals surface area contributed by atoms with Crippen LogP contribution in [0.5, 0.6) is 17.2 Å². The van der Waals surface area contributed by atoms with Gasteiger partial charge in [-0.1, -0.05) is 6.58 Å². The largest absolute Gasteiger partial charge is 0.494 e. The van der Waals surface area contributed by atoms with Crippen molar-refractivity contribution in [1.29, 1.82) is 0 Å². The van der Waals surface area contributed by atoms with Gasteiger partial charge in [0, 0.05) is 62.7 Å². The van der Waals surface area contributed by atoms with E-state index in [9.17, 15) is 4.79 Å². The SMILES string of the molecule is [C-]#[N+]c1cnc(Nc2ccc(Oc3ccn4ccnc4c3)c(C)c2)nc1Nc1cc(NC(=O)C=C)c(N(C)CCN(C)C)cc1OC. The van der Waals surface area contributed by atoms with Crippen LogP contribution < -0.4 is 30.3 Å². The molecule has 0 aliphatic carbocycles. The fraction of sp³-hybridized carbons (Fsp3) is 0.206. The molecule has 0 fully saturated rings. The van der Waals surface area contributed by atoms with Crippen molar-refractivity contribution in [3.63, 3.8) is 0 Å². The maximum Gasteiger partial charge on any atom is 0.247 e. The lowest BCUT2D eigenvalue weighted by atomic mass is 10.2. The first-order valence-electron chi connectivity index (χ1n) is 14.7. The third-order valence-electron chi connectivity index (χ3n) is 7.23. The minimum Gasteiger partial charge on any atom is -0.494 e. The van der Waals surface area contributed by atoms with E-state index in [1.54, 1.807) is 19.4 Å². The minimum absolute atomic E-state index is 0.204. The molecule has 0 saturated heterocycles. The van der Waals surface area contributed by atoms with E-state index in [0.29, 0.717) is 35.2 Å². The standard InChI is InChI=1S/C34H36N10O3/c1-8-32(45)39-25-19-26(30(46-7)20-28(25)43(6)16-15-42(4)5)40-33-27(35-3)21-37-34(41-33)38-23-9-10-29(22(2)17-23)47-24-11-13-44-14-12-36-31(44)18-24/h8-14,17-21H,1,15-16H2,2,4-7H3,(H,39,45)(H2,37,38,40,41). The summed E-state index contributed by atoms with van der Waals surface area (Å²) < 4.78 is 13.7. The van der Waals surface area contributed by atoms with Crippen molar-refractivity contribution in [2.24, 2.45) is 0 Å². The number of methoxy groups -OCH3 is 1. The van der Waals surface area contributed by atoms with Crippen molar-refractivity contribution in [2.75, 3.05) is 62.2 Å². The number of benzene rings is 2. The molecule has 0 aliphatic rings. The highest BCUT2D eigenvalue weighted by Gasteiger charge is 2.18. The minimum atomic E-state index is -0.357. The van der Waals surface area contributed by atoms with Crippen LogP contribution in [0.15, 0.2) is 79.9 Å². The Morgan fingerprint density at radius 1 is 1.04 bits per heavy atom. The Kier molecular flexibility index (Phi) is 9.83. The normalized spacial score (nSPS) is 10.7. The van der Waals surface area contributed by atoms with Crippen LogP contribution in [0.2, 0.25) is 0 Å². The number of hydrogen-bond acceptors (Lipinski definition) is 10. The number of pyridine rings is 1. The van der Waals surface area contributed by atoms with Crippen molar-refractivity contribution in [3.05, 3.63) is 96.9 Å². The molecule has 3 aromatic heterocycles. The number of imidazole rings is 1. The summed E-state index contributed by atoms with van der Waals surface area (Å²) >= 11 is 0. The monoisotopic (exact) mass is 632 g/mol. The number of fused-ring (bicyclic) bond motifs is 1. The summed E-state index contributed by atoms with van der Waals surface area (Å²) in [5.74, 6) is 2.05. The zero-order valence-corrected chi connectivity index (χ0v) is 26.9. The number of nitrogens with one attached hydrogen (secondary N) is 3. The number of carbonyl (C=O) groups is 1. The number of rotatable bonds is 13. The molecule has 0 saturated carbocycles. The first-order valence-corrected chi connectivity index (χ1v) is 14.7. The number of hydrogen-bond donors (Lipinski definition) is 3. The van der Waals surface area contributed by atoms with Crippen molar-refractivity contribution < 1.29 is 14.3 Å².